The molecular formula is C17H24N2S. The molecule has 1 atom stereocenters. The number of rotatable bonds is 7. The smallest absolute Gasteiger partial charge is 0.0578 e. The van der Waals surface area contributed by atoms with Crippen molar-refractivity contribution in [3.05, 3.63) is 52.2 Å². The molecule has 20 heavy (non-hydrogen) atoms. The molecule has 0 aliphatic heterocycles. The second-order valence-corrected chi connectivity index (χ2v) is 6.02. The first kappa shape index (κ1) is 15.1. The molecule has 2 nitrogen and oxygen atoms in total. The van der Waals surface area contributed by atoms with Gasteiger partial charge in [0.25, 0.3) is 0 Å². The van der Waals surface area contributed by atoms with Crippen molar-refractivity contribution in [3.63, 3.8) is 0 Å². The highest BCUT2D eigenvalue weighted by Gasteiger charge is 2.07. The topological polar surface area (TPSA) is 15.3 Å². The van der Waals surface area contributed by atoms with Crippen molar-refractivity contribution in [2.24, 2.45) is 0 Å². The van der Waals surface area contributed by atoms with E-state index in [-0.39, 0.29) is 0 Å². The maximum atomic E-state index is 3.59. The molecule has 1 unspecified atom stereocenters. The second kappa shape index (κ2) is 7.46. The summed E-state index contributed by atoms with van der Waals surface area (Å²) in [7, 11) is 0. The van der Waals surface area contributed by atoms with Gasteiger partial charge in [-0.1, -0.05) is 32.0 Å². The molecule has 0 spiro atoms. The van der Waals surface area contributed by atoms with Crippen molar-refractivity contribution in [2.45, 2.75) is 33.4 Å². The van der Waals surface area contributed by atoms with Crippen molar-refractivity contribution in [1.29, 1.82) is 0 Å². The molecule has 0 fully saturated rings. The largest absolute Gasteiger partial charge is 0.378 e. The van der Waals surface area contributed by atoms with Crippen LogP contribution >= 0.6 is 11.3 Å². The molecule has 2 aromatic rings. The lowest BCUT2D eigenvalue weighted by Crippen LogP contribution is -2.22. The number of nitrogens with one attached hydrogen (secondary N) is 1. The summed E-state index contributed by atoms with van der Waals surface area (Å²) < 4.78 is 0. The van der Waals surface area contributed by atoms with Crippen molar-refractivity contribution in [3.8, 4) is 0 Å². The average Bonchev–Trinajstić information content (AvgIpc) is 2.99. The van der Waals surface area contributed by atoms with Crippen LogP contribution in [0.25, 0.3) is 0 Å². The second-order valence-electron chi connectivity index (χ2n) is 5.04. The van der Waals surface area contributed by atoms with E-state index in [1.807, 2.05) is 0 Å². The minimum Gasteiger partial charge on any atom is -0.378 e. The Balaban J connectivity index is 2.02. The molecule has 0 aliphatic rings. The molecular weight excluding hydrogens is 264 g/mol. The summed E-state index contributed by atoms with van der Waals surface area (Å²) in [6.07, 6.45) is 0. The van der Waals surface area contributed by atoms with E-state index in [0.29, 0.717) is 6.04 Å². The summed E-state index contributed by atoms with van der Waals surface area (Å²) in [6, 6.07) is 13.4. The van der Waals surface area contributed by atoms with Crippen LogP contribution in [-0.2, 0) is 6.54 Å². The normalized spacial score (nSPS) is 12.6. The Morgan fingerprint density at radius 1 is 1.15 bits per heavy atom. The lowest BCUT2D eigenvalue weighted by atomic mass is 10.1. The SMILES string of the molecule is CCN(CC)Cc1cccc(NC(C)c2cccs2)c1. The van der Waals surface area contributed by atoms with Gasteiger partial charge in [-0.15, -0.1) is 11.3 Å². The number of nitrogens with zero attached hydrogens (tertiary/aromatic N) is 1. The van der Waals surface area contributed by atoms with Crippen molar-refractivity contribution in [2.75, 3.05) is 18.4 Å². The van der Waals surface area contributed by atoms with Crippen LogP contribution in [0.5, 0.6) is 0 Å². The molecule has 1 aromatic carbocycles. The fourth-order valence-electron chi connectivity index (χ4n) is 2.32. The first-order valence-corrected chi connectivity index (χ1v) is 8.22. The van der Waals surface area contributed by atoms with Crippen LogP contribution in [0.4, 0.5) is 5.69 Å². The van der Waals surface area contributed by atoms with E-state index in [0.717, 1.165) is 19.6 Å². The van der Waals surface area contributed by atoms with Gasteiger partial charge in [0.05, 0.1) is 6.04 Å². The lowest BCUT2D eigenvalue weighted by molar-refractivity contribution is 0.296. The van der Waals surface area contributed by atoms with Crippen LogP contribution in [0.2, 0.25) is 0 Å². The molecule has 108 valence electrons. The zero-order valence-corrected chi connectivity index (χ0v) is 13.4. The van der Waals surface area contributed by atoms with Crippen LogP contribution < -0.4 is 5.32 Å². The molecule has 0 amide bonds. The first-order chi connectivity index (χ1) is 9.72. The van der Waals surface area contributed by atoms with E-state index >= 15 is 0 Å². The summed E-state index contributed by atoms with van der Waals surface area (Å²) in [5.74, 6) is 0. The number of hydrogen-bond acceptors (Lipinski definition) is 3. The fraction of sp³-hybridized carbons (Fsp3) is 0.412. The molecule has 0 saturated heterocycles. The standard InChI is InChI=1S/C17H24N2S/c1-4-19(5-2)13-15-8-6-9-16(12-15)18-14(3)17-10-7-11-20-17/h6-12,14,18H,4-5,13H2,1-3H3. The van der Waals surface area contributed by atoms with Crippen molar-refractivity contribution >= 4 is 17.0 Å². The maximum Gasteiger partial charge on any atom is 0.0578 e. The van der Waals surface area contributed by atoms with Crippen molar-refractivity contribution in [1.82, 2.24) is 4.90 Å². The van der Waals surface area contributed by atoms with Gasteiger partial charge in [-0.2, -0.15) is 0 Å². The van der Waals surface area contributed by atoms with E-state index in [2.05, 4.69) is 72.8 Å². The van der Waals surface area contributed by atoms with Gasteiger partial charge in [-0.25, -0.2) is 0 Å². The Kier molecular flexibility index (Phi) is 5.62. The van der Waals surface area contributed by atoms with Gasteiger partial charge in [0.1, 0.15) is 0 Å². The Morgan fingerprint density at radius 2 is 1.95 bits per heavy atom. The third-order valence-electron chi connectivity index (χ3n) is 3.58. The van der Waals surface area contributed by atoms with Crippen LogP contribution in [0.1, 0.15) is 37.3 Å². The summed E-state index contributed by atoms with van der Waals surface area (Å²) >= 11 is 1.80. The van der Waals surface area contributed by atoms with Gasteiger partial charge in [0, 0.05) is 17.1 Å². The number of hydrogen-bond donors (Lipinski definition) is 1. The minimum absolute atomic E-state index is 0.360. The van der Waals surface area contributed by atoms with E-state index in [1.165, 1.54) is 16.1 Å². The van der Waals surface area contributed by atoms with Gasteiger partial charge < -0.3 is 5.32 Å². The van der Waals surface area contributed by atoms with E-state index in [9.17, 15) is 0 Å². The van der Waals surface area contributed by atoms with E-state index in [4.69, 9.17) is 0 Å². The Labute approximate surface area is 126 Å². The predicted molar refractivity (Wildman–Crippen MR) is 89.4 cm³/mol. The summed E-state index contributed by atoms with van der Waals surface area (Å²) in [4.78, 5) is 3.81. The highest BCUT2D eigenvalue weighted by molar-refractivity contribution is 7.10. The zero-order valence-electron chi connectivity index (χ0n) is 12.6. The molecule has 3 heteroatoms. The zero-order chi connectivity index (χ0) is 14.4. The third-order valence-corrected chi connectivity index (χ3v) is 4.64. The quantitative estimate of drug-likeness (QED) is 0.790. The Morgan fingerprint density at radius 3 is 2.60 bits per heavy atom. The monoisotopic (exact) mass is 288 g/mol. The fourth-order valence-corrected chi connectivity index (χ4v) is 3.06. The van der Waals surface area contributed by atoms with Gasteiger partial charge in [-0.3, -0.25) is 4.90 Å². The minimum atomic E-state index is 0.360. The van der Waals surface area contributed by atoms with Gasteiger partial charge >= 0.3 is 0 Å². The number of thiophene rings is 1. The van der Waals surface area contributed by atoms with Crippen molar-refractivity contribution < 1.29 is 0 Å². The van der Waals surface area contributed by atoms with E-state index in [1.54, 1.807) is 11.3 Å². The summed E-state index contributed by atoms with van der Waals surface area (Å²) in [6.45, 7) is 9.85. The molecule has 0 bridgehead atoms. The molecule has 1 N–H and O–H groups in total. The van der Waals surface area contributed by atoms with Gasteiger partial charge in [0.15, 0.2) is 0 Å². The number of anilines is 1. The molecule has 0 saturated carbocycles. The van der Waals surface area contributed by atoms with Gasteiger partial charge in [0.2, 0.25) is 0 Å². The van der Waals surface area contributed by atoms with E-state index < -0.39 is 0 Å². The average molecular weight is 288 g/mol. The molecule has 0 radical (unpaired) electrons. The highest BCUT2D eigenvalue weighted by atomic mass is 32.1. The Hall–Kier alpha value is -1.32. The summed E-state index contributed by atoms with van der Waals surface area (Å²) in [5, 5.41) is 5.72. The molecule has 2 rings (SSSR count). The lowest BCUT2D eigenvalue weighted by Gasteiger charge is -2.19. The molecule has 1 heterocycles. The summed E-state index contributed by atoms with van der Waals surface area (Å²) in [5.41, 5.74) is 2.58. The van der Waals surface area contributed by atoms with Crippen LogP contribution in [0.15, 0.2) is 41.8 Å². The number of benzene rings is 1. The first-order valence-electron chi connectivity index (χ1n) is 7.34. The van der Waals surface area contributed by atoms with Crippen LogP contribution in [-0.4, -0.2) is 18.0 Å². The van der Waals surface area contributed by atoms with Crippen LogP contribution in [0, 0.1) is 0 Å². The third kappa shape index (κ3) is 4.09. The molecule has 1 aromatic heterocycles. The van der Waals surface area contributed by atoms with Gasteiger partial charge in [-0.05, 0) is 49.2 Å². The molecule has 0 aliphatic carbocycles. The Bertz CT molecular complexity index is 503. The highest BCUT2D eigenvalue weighted by Crippen LogP contribution is 2.23. The maximum absolute atomic E-state index is 3.59. The predicted octanol–water partition coefficient (Wildman–Crippen LogP) is 4.76. The van der Waals surface area contributed by atoms with Crippen LogP contribution in [0.3, 0.4) is 0 Å².